The molecule has 1 N–H and O–H groups in total. The van der Waals surface area contributed by atoms with E-state index in [0.29, 0.717) is 25.5 Å². The fraction of sp³-hybridized carbons (Fsp3) is 0.278. The van der Waals surface area contributed by atoms with E-state index >= 15 is 0 Å². The number of benzene rings is 2. The molecule has 0 saturated heterocycles. The number of rotatable bonds is 9. The summed E-state index contributed by atoms with van der Waals surface area (Å²) >= 11 is 2.17. The summed E-state index contributed by atoms with van der Waals surface area (Å²) in [6.07, 6.45) is 0. The van der Waals surface area contributed by atoms with Crippen molar-refractivity contribution in [3.63, 3.8) is 0 Å². The van der Waals surface area contributed by atoms with E-state index in [9.17, 15) is 4.79 Å². The molecule has 0 spiro atoms. The smallest absolute Gasteiger partial charge is 0.258 e. The van der Waals surface area contributed by atoms with Crippen LogP contribution in [0.5, 0.6) is 17.2 Å². The Kier molecular flexibility index (Phi) is 7.67. The monoisotopic (exact) mass is 441 g/mol. The maximum atomic E-state index is 11.7. The minimum atomic E-state index is -0.176. The standard InChI is InChI=1S/C18H20INO4/c1-2-22-14-7-9-15(10-8-14)23-12-11-20-18(21)13-24-17-6-4-3-5-16(17)19/h3-10H,2,11-13H2,1H3,(H,20,21). The van der Waals surface area contributed by atoms with Crippen molar-refractivity contribution in [1.29, 1.82) is 0 Å². The van der Waals surface area contributed by atoms with Gasteiger partial charge in [-0.3, -0.25) is 4.79 Å². The molecule has 0 fully saturated rings. The maximum absolute atomic E-state index is 11.7. The highest BCUT2D eigenvalue weighted by Crippen LogP contribution is 2.19. The molecule has 24 heavy (non-hydrogen) atoms. The lowest BCUT2D eigenvalue weighted by Crippen LogP contribution is -2.32. The first-order chi connectivity index (χ1) is 11.7. The van der Waals surface area contributed by atoms with Crippen LogP contribution >= 0.6 is 22.6 Å². The molecule has 0 aliphatic heterocycles. The summed E-state index contributed by atoms with van der Waals surface area (Å²) in [5, 5.41) is 2.76. The van der Waals surface area contributed by atoms with Crippen molar-refractivity contribution < 1.29 is 19.0 Å². The average molecular weight is 441 g/mol. The number of para-hydroxylation sites is 1. The highest BCUT2D eigenvalue weighted by molar-refractivity contribution is 14.1. The zero-order valence-electron chi connectivity index (χ0n) is 13.5. The SMILES string of the molecule is CCOc1ccc(OCCNC(=O)COc2ccccc2I)cc1. The number of carbonyl (C=O) groups is 1. The number of hydrogen-bond donors (Lipinski definition) is 1. The zero-order chi connectivity index (χ0) is 17.2. The Hall–Kier alpha value is -1.96. The van der Waals surface area contributed by atoms with E-state index in [1.807, 2.05) is 55.5 Å². The molecule has 0 saturated carbocycles. The lowest BCUT2D eigenvalue weighted by Gasteiger charge is -2.10. The minimum absolute atomic E-state index is 0.0108. The van der Waals surface area contributed by atoms with Crippen molar-refractivity contribution >= 4 is 28.5 Å². The van der Waals surface area contributed by atoms with Crippen LogP contribution in [-0.4, -0.2) is 32.3 Å². The summed E-state index contributed by atoms with van der Waals surface area (Å²) in [5.74, 6) is 2.08. The van der Waals surface area contributed by atoms with Crippen molar-refractivity contribution in [1.82, 2.24) is 5.32 Å². The molecule has 0 atom stereocenters. The molecule has 6 heteroatoms. The van der Waals surface area contributed by atoms with E-state index in [1.54, 1.807) is 0 Å². The number of ether oxygens (including phenoxy) is 3. The van der Waals surface area contributed by atoms with Gasteiger partial charge >= 0.3 is 0 Å². The van der Waals surface area contributed by atoms with Crippen LogP contribution < -0.4 is 19.5 Å². The van der Waals surface area contributed by atoms with E-state index in [0.717, 1.165) is 15.1 Å². The topological polar surface area (TPSA) is 56.8 Å². The number of halogens is 1. The molecule has 2 rings (SSSR count). The summed E-state index contributed by atoms with van der Waals surface area (Å²) in [5.41, 5.74) is 0. The van der Waals surface area contributed by atoms with Crippen molar-refractivity contribution in [3.8, 4) is 17.2 Å². The van der Waals surface area contributed by atoms with Crippen LogP contribution in [-0.2, 0) is 4.79 Å². The van der Waals surface area contributed by atoms with Crippen molar-refractivity contribution in [2.24, 2.45) is 0 Å². The largest absolute Gasteiger partial charge is 0.494 e. The molecule has 0 unspecified atom stereocenters. The fourth-order valence-corrected chi connectivity index (χ4v) is 2.46. The van der Waals surface area contributed by atoms with Crippen molar-refractivity contribution in [2.45, 2.75) is 6.92 Å². The highest BCUT2D eigenvalue weighted by atomic mass is 127. The molecule has 5 nitrogen and oxygen atoms in total. The van der Waals surface area contributed by atoms with E-state index in [2.05, 4.69) is 27.9 Å². The minimum Gasteiger partial charge on any atom is -0.494 e. The van der Waals surface area contributed by atoms with Gasteiger partial charge in [-0.05, 0) is 65.9 Å². The Labute approximate surface area is 155 Å². The molecule has 0 aliphatic carbocycles. The quantitative estimate of drug-likeness (QED) is 0.480. The van der Waals surface area contributed by atoms with Crippen molar-refractivity contribution in [2.75, 3.05) is 26.4 Å². The molecule has 0 aromatic heterocycles. The Morgan fingerprint density at radius 3 is 2.33 bits per heavy atom. The van der Waals surface area contributed by atoms with Gasteiger partial charge < -0.3 is 19.5 Å². The second-order valence-corrected chi connectivity index (χ2v) is 5.98. The summed E-state index contributed by atoms with van der Waals surface area (Å²) < 4.78 is 17.4. The van der Waals surface area contributed by atoms with Gasteiger partial charge in [0.25, 0.3) is 5.91 Å². The number of carbonyl (C=O) groups excluding carboxylic acids is 1. The maximum Gasteiger partial charge on any atom is 0.258 e. The molecule has 0 radical (unpaired) electrons. The molecular weight excluding hydrogens is 421 g/mol. The number of nitrogens with one attached hydrogen (secondary N) is 1. The highest BCUT2D eigenvalue weighted by Gasteiger charge is 2.04. The average Bonchev–Trinajstić information content (AvgIpc) is 2.60. The molecule has 0 bridgehead atoms. The van der Waals surface area contributed by atoms with Crippen LogP contribution in [0.2, 0.25) is 0 Å². The Morgan fingerprint density at radius 2 is 1.67 bits per heavy atom. The lowest BCUT2D eigenvalue weighted by atomic mass is 10.3. The second-order valence-electron chi connectivity index (χ2n) is 4.82. The summed E-state index contributed by atoms with van der Waals surface area (Å²) in [4.78, 5) is 11.7. The third-order valence-electron chi connectivity index (χ3n) is 3.02. The molecule has 2 aromatic rings. The lowest BCUT2D eigenvalue weighted by molar-refractivity contribution is -0.123. The van der Waals surface area contributed by atoms with Gasteiger partial charge in [0.05, 0.1) is 16.7 Å². The van der Waals surface area contributed by atoms with Crippen molar-refractivity contribution in [3.05, 3.63) is 52.1 Å². The van der Waals surface area contributed by atoms with Gasteiger partial charge in [0.15, 0.2) is 6.61 Å². The number of amides is 1. The fourth-order valence-electron chi connectivity index (χ4n) is 1.91. The van der Waals surface area contributed by atoms with Gasteiger partial charge in [-0.2, -0.15) is 0 Å². The first-order valence-corrected chi connectivity index (χ1v) is 8.76. The van der Waals surface area contributed by atoms with Crippen LogP contribution in [0.4, 0.5) is 0 Å². The van der Waals surface area contributed by atoms with Gasteiger partial charge in [0.2, 0.25) is 0 Å². The van der Waals surface area contributed by atoms with E-state index in [-0.39, 0.29) is 12.5 Å². The first-order valence-electron chi connectivity index (χ1n) is 7.68. The Balaban J connectivity index is 1.63. The van der Waals surface area contributed by atoms with Crippen LogP contribution in [0.15, 0.2) is 48.5 Å². The molecule has 2 aromatic carbocycles. The molecular formula is C18H20INO4. The van der Waals surface area contributed by atoms with E-state index < -0.39 is 0 Å². The van der Waals surface area contributed by atoms with E-state index in [1.165, 1.54) is 0 Å². The Morgan fingerprint density at radius 1 is 1.00 bits per heavy atom. The van der Waals surface area contributed by atoms with Crippen LogP contribution in [0.25, 0.3) is 0 Å². The van der Waals surface area contributed by atoms with Gasteiger partial charge in [-0.1, -0.05) is 12.1 Å². The van der Waals surface area contributed by atoms with Gasteiger partial charge in [0, 0.05) is 0 Å². The van der Waals surface area contributed by atoms with Gasteiger partial charge in [0.1, 0.15) is 23.9 Å². The summed E-state index contributed by atoms with van der Waals surface area (Å²) in [6.45, 7) is 3.37. The summed E-state index contributed by atoms with van der Waals surface area (Å²) in [6, 6.07) is 15.0. The molecule has 128 valence electrons. The summed E-state index contributed by atoms with van der Waals surface area (Å²) in [7, 11) is 0. The van der Waals surface area contributed by atoms with Gasteiger partial charge in [-0.25, -0.2) is 0 Å². The van der Waals surface area contributed by atoms with E-state index in [4.69, 9.17) is 14.2 Å². The van der Waals surface area contributed by atoms with Crippen LogP contribution in [0.1, 0.15) is 6.92 Å². The molecule has 0 aliphatic rings. The Bertz CT molecular complexity index is 646. The molecule has 0 heterocycles. The third kappa shape index (κ3) is 6.27. The third-order valence-corrected chi connectivity index (χ3v) is 3.91. The predicted molar refractivity (Wildman–Crippen MR) is 101 cm³/mol. The predicted octanol–water partition coefficient (Wildman–Crippen LogP) is 3.26. The molecule has 1 amide bonds. The first kappa shape index (κ1) is 18.4. The number of hydrogen-bond acceptors (Lipinski definition) is 4. The zero-order valence-corrected chi connectivity index (χ0v) is 15.6. The van der Waals surface area contributed by atoms with Crippen LogP contribution in [0.3, 0.4) is 0 Å². The second kappa shape index (κ2) is 10.0. The normalized spacial score (nSPS) is 10.1. The van der Waals surface area contributed by atoms with Crippen LogP contribution in [0, 0.1) is 3.57 Å². The van der Waals surface area contributed by atoms with Gasteiger partial charge in [-0.15, -0.1) is 0 Å².